The summed E-state index contributed by atoms with van der Waals surface area (Å²) in [5, 5.41) is 3.06. The van der Waals surface area contributed by atoms with Gasteiger partial charge in [0.05, 0.1) is 22.7 Å². The number of rotatable bonds is 3. The van der Waals surface area contributed by atoms with E-state index in [2.05, 4.69) is 18.8 Å². The van der Waals surface area contributed by atoms with E-state index in [1.165, 1.54) is 0 Å². The predicted octanol–water partition coefficient (Wildman–Crippen LogP) is 3.30. The normalized spacial score (nSPS) is 17.9. The van der Waals surface area contributed by atoms with Gasteiger partial charge >= 0.3 is 0 Å². The highest BCUT2D eigenvalue weighted by Gasteiger charge is 2.40. The third-order valence-electron chi connectivity index (χ3n) is 4.53. The predicted molar refractivity (Wildman–Crippen MR) is 102 cm³/mol. The van der Waals surface area contributed by atoms with Crippen molar-refractivity contribution in [3.63, 3.8) is 0 Å². The summed E-state index contributed by atoms with van der Waals surface area (Å²) in [5.41, 5.74) is 0.0891. The Morgan fingerprint density at radius 3 is 2.40 bits per heavy atom. The van der Waals surface area contributed by atoms with Crippen molar-refractivity contribution < 1.29 is 9.59 Å². The van der Waals surface area contributed by atoms with Crippen LogP contribution in [-0.2, 0) is 16.0 Å². The smallest absolute Gasteiger partial charge is 0.229 e. The van der Waals surface area contributed by atoms with Gasteiger partial charge in [-0.15, -0.1) is 11.3 Å². The molecule has 0 saturated carbocycles. The van der Waals surface area contributed by atoms with Crippen molar-refractivity contribution in [1.82, 2.24) is 14.8 Å². The molecule has 0 N–H and O–H groups in total. The molecule has 1 aliphatic rings. The molecule has 2 heterocycles. The third kappa shape index (κ3) is 4.60. The van der Waals surface area contributed by atoms with Crippen LogP contribution in [0, 0.1) is 5.41 Å². The van der Waals surface area contributed by atoms with Gasteiger partial charge in [-0.25, -0.2) is 4.98 Å². The van der Waals surface area contributed by atoms with Crippen LogP contribution in [0.15, 0.2) is 5.38 Å². The molecular formula is C19H31N3O2S. The van der Waals surface area contributed by atoms with Crippen LogP contribution in [0.5, 0.6) is 0 Å². The van der Waals surface area contributed by atoms with Gasteiger partial charge in [0.15, 0.2) is 0 Å². The van der Waals surface area contributed by atoms with Gasteiger partial charge in [-0.05, 0) is 13.8 Å². The van der Waals surface area contributed by atoms with E-state index in [1.807, 2.05) is 49.8 Å². The highest BCUT2D eigenvalue weighted by molar-refractivity contribution is 7.09. The second-order valence-corrected chi connectivity index (χ2v) is 9.73. The second kappa shape index (κ2) is 7.06. The molecular weight excluding hydrogens is 334 g/mol. The fourth-order valence-corrected chi connectivity index (χ4v) is 4.02. The molecule has 5 nitrogen and oxygen atoms in total. The SMILES string of the molecule is CC(C)c1nc(CC(=O)N2CCN(C(=O)C(C)(C)C)CC2(C)C)cs1. The van der Waals surface area contributed by atoms with E-state index >= 15 is 0 Å². The van der Waals surface area contributed by atoms with Gasteiger partial charge in [0.25, 0.3) is 0 Å². The van der Waals surface area contributed by atoms with E-state index in [-0.39, 0.29) is 17.4 Å². The summed E-state index contributed by atoms with van der Waals surface area (Å²) >= 11 is 1.62. The van der Waals surface area contributed by atoms with Crippen LogP contribution in [0.4, 0.5) is 0 Å². The molecule has 0 atom stereocenters. The number of nitrogens with zero attached hydrogens (tertiary/aromatic N) is 3. The minimum atomic E-state index is -0.393. The molecule has 0 aromatic carbocycles. The Labute approximate surface area is 155 Å². The van der Waals surface area contributed by atoms with Gasteiger partial charge in [0.2, 0.25) is 11.8 Å². The number of aromatic nitrogens is 1. The van der Waals surface area contributed by atoms with Crippen LogP contribution in [0.2, 0.25) is 0 Å². The molecule has 25 heavy (non-hydrogen) atoms. The lowest BCUT2D eigenvalue weighted by molar-refractivity contribution is -0.151. The van der Waals surface area contributed by atoms with Crippen molar-refractivity contribution in [2.45, 2.75) is 66.3 Å². The second-order valence-electron chi connectivity index (χ2n) is 8.84. The molecule has 1 saturated heterocycles. The first-order chi connectivity index (χ1) is 11.4. The highest BCUT2D eigenvalue weighted by Crippen LogP contribution is 2.27. The first-order valence-electron chi connectivity index (χ1n) is 8.96. The summed E-state index contributed by atoms with van der Waals surface area (Å²) in [6.07, 6.45) is 0.333. The molecule has 1 fully saturated rings. The summed E-state index contributed by atoms with van der Waals surface area (Å²) in [5.74, 6) is 0.625. The van der Waals surface area contributed by atoms with E-state index in [9.17, 15) is 9.59 Å². The van der Waals surface area contributed by atoms with Crippen LogP contribution in [0.25, 0.3) is 0 Å². The Morgan fingerprint density at radius 1 is 1.28 bits per heavy atom. The Balaban J connectivity index is 2.05. The van der Waals surface area contributed by atoms with Crippen LogP contribution in [0.3, 0.4) is 0 Å². The number of amides is 2. The number of carbonyl (C=O) groups excluding carboxylic acids is 2. The van der Waals surface area contributed by atoms with Gasteiger partial charge in [0.1, 0.15) is 0 Å². The highest BCUT2D eigenvalue weighted by atomic mass is 32.1. The summed E-state index contributed by atoms with van der Waals surface area (Å²) in [6.45, 7) is 15.9. The quantitative estimate of drug-likeness (QED) is 0.826. The Morgan fingerprint density at radius 2 is 1.92 bits per heavy atom. The number of thiazole rings is 1. The molecule has 0 radical (unpaired) electrons. The molecule has 0 spiro atoms. The number of hydrogen-bond donors (Lipinski definition) is 0. The minimum Gasteiger partial charge on any atom is -0.338 e. The molecule has 2 rings (SSSR count). The van der Waals surface area contributed by atoms with Crippen LogP contribution in [-0.4, -0.2) is 51.8 Å². The lowest BCUT2D eigenvalue weighted by atomic mass is 9.91. The number of piperazine rings is 1. The van der Waals surface area contributed by atoms with E-state index in [0.29, 0.717) is 32.0 Å². The zero-order chi connectivity index (χ0) is 19.0. The minimum absolute atomic E-state index is 0.0912. The first-order valence-corrected chi connectivity index (χ1v) is 9.84. The van der Waals surface area contributed by atoms with Gasteiger partial charge in [-0.2, -0.15) is 0 Å². The van der Waals surface area contributed by atoms with E-state index in [4.69, 9.17) is 0 Å². The molecule has 140 valence electrons. The molecule has 0 aliphatic carbocycles. The van der Waals surface area contributed by atoms with Crippen molar-refractivity contribution in [2.75, 3.05) is 19.6 Å². The Kier molecular flexibility index (Phi) is 5.62. The summed E-state index contributed by atoms with van der Waals surface area (Å²) in [4.78, 5) is 33.8. The topological polar surface area (TPSA) is 53.5 Å². The van der Waals surface area contributed by atoms with Crippen LogP contribution in [0.1, 0.15) is 65.1 Å². The average Bonchev–Trinajstić information content (AvgIpc) is 2.92. The van der Waals surface area contributed by atoms with Crippen LogP contribution >= 0.6 is 11.3 Å². The van der Waals surface area contributed by atoms with Crippen molar-refractivity contribution in [1.29, 1.82) is 0 Å². The molecule has 1 aliphatic heterocycles. The maximum Gasteiger partial charge on any atom is 0.229 e. The monoisotopic (exact) mass is 365 g/mol. The van der Waals surface area contributed by atoms with Crippen LogP contribution < -0.4 is 0 Å². The fraction of sp³-hybridized carbons (Fsp3) is 0.737. The van der Waals surface area contributed by atoms with Gasteiger partial charge in [-0.3, -0.25) is 9.59 Å². The number of hydrogen-bond acceptors (Lipinski definition) is 4. The molecule has 0 bridgehead atoms. The molecule has 1 aromatic heterocycles. The summed E-state index contributed by atoms with van der Waals surface area (Å²) in [7, 11) is 0. The fourth-order valence-electron chi connectivity index (χ4n) is 3.18. The molecule has 1 aromatic rings. The molecule has 6 heteroatoms. The zero-order valence-corrected chi connectivity index (χ0v) is 17.4. The lowest BCUT2D eigenvalue weighted by Crippen LogP contribution is -2.63. The van der Waals surface area contributed by atoms with E-state index in [1.54, 1.807) is 11.3 Å². The van der Waals surface area contributed by atoms with Gasteiger partial charge in [-0.1, -0.05) is 34.6 Å². The van der Waals surface area contributed by atoms with Crippen molar-refractivity contribution >= 4 is 23.2 Å². The first kappa shape index (κ1) is 19.9. The lowest BCUT2D eigenvalue weighted by Gasteiger charge is -2.48. The third-order valence-corrected chi connectivity index (χ3v) is 5.72. The van der Waals surface area contributed by atoms with Gasteiger partial charge < -0.3 is 9.80 Å². The van der Waals surface area contributed by atoms with Gasteiger partial charge in [0, 0.05) is 36.3 Å². The number of carbonyl (C=O) groups is 2. The van der Waals surface area contributed by atoms with E-state index in [0.717, 1.165) is 10.7 Å². The standard InChI is InChI=1S/C19H31N3O2S/c1-13(2)16-20-14(11-25-16)10-15(23)22-9-8-21(12-19(22,6)7)17(24)18(3,4)5/h11,13H,8-10,12H2,1-7H3. The molecule has 2 amide bonds. The largest absolute Gasteiger partial charge is 0.338 e. The Bertz CT molecular complexity index is 643. The maximum atomic E-state index is 12.8. The zero-order valence-electron chi connectivity index (χ0n) is 16.5. The average molecular weight is 366 g/mol. The maximum absolute atomic E-state index is 12.8. The Hall–Kier alpha value is -1.43. The van der Waals surface area contributed by atoms with Crippen molar-refractivity contribution in [3.05, 3.63) is 16.1 Å². The van der Waals surface area contributed by atoms with Crippen molar-refractivity contribution in [3.8, 4) is 0 Å². The summed E-state index contributed by atoms with van der Waals surface area (Å²) < 4.78 is 0. The summed E-state index contributed by atoms with van der Waals surface area (Å²) in [6, 6.07) is 0. The van der Waals surface area contributed by atoms with E-state index < -0.39 is 5.41 Å². The van der Waals surface area contributed by atoms with Crippen molar-refractivity contribution in [2.24, 2.45) is 5.41 Å². The molecule has 0 unspecified atom stereocenters.